The molecule has 0 amide bonds. The minimum absolute atomic E-state index is 0.136. The van der Waals surface area contributed by atoms with Crippen LogP contribution >= 0.6 is 11.6 Å². The lowest BCUT2D eigenvalue weighted by Crippen LogP contribution is -2.37. The molecule has 1 aromatic heterocycles. The average molecular weight is 261 g/mol. The lowest BCUT2D eigenvalue weighted by atomic mass is 9.96. The maximum Gasteiger partial charge on any atom is 0.120 e. The zero-order valence-corrected chi connectivity index (χ0v) is 11.4. The SMILES string of the molecule is CCC(O)(CN)c1c(Cl)cnn1CCN(C)C. The van der Waals surface area contributed by atoms with Crippen molar-refractivity contribution < 1.29 is 5.11 Å². The van der Waals surface area contributed by atoms with Gasteiger partial charge in [0, 0.05) is 13.1 Å². The van der Waals surface area contributed by atoms with E-state index in [9.17, 15) is 5.11 Å². The Bertz CT molecular complexity index is 360. The molecular formula is C11H21ClN4O. The highest BCUT2D eigenvalue weighted by Gasteiger charge is 2.32. The molecule has 17 heavy (non-hydrogen) atoms. The van der Waals surface area contributed by atoms with Crippen molar-refractivity contribution in [2.75, 3.05) is 27.2 Å². The van der Waals surface area contributed by atoms with Crippen LogP contribution in [0.25, 0.3) is 0 Å². The van der Waals surface area contributed by atoms with Gasteiger partial charge < -0.3 is 15.7 Å². The molecule has 5 nitrogen and oxygen atoms in total. The van der Waals surface area contributed by atoms with Crippen LogP contribution in [0, 0.1) is 0 Å². The van der Waals surface area contributed by atoms with Crippen molar-refractivity contribution in [3.05, 3.63) is 16.9 Å². The van der Waals surface area contributed by atoms with Crippen molar-refractivity contribution >= 4 is 11.6 Å². The van der Waals surface area contributed by atoms with E-state index < -0.39 is 5.60 Å². The maximum absolute atomic E-state index is 10.4. The Morgan fingerprint density at radius 2 is 2.24 bits per heavy atom. The van der Waals surface area contributed by atoms with Crippen molar-refractivity contribution in [2.45, 2.75) is 25.5 Å². The summed E-state index contributed by atoms with van der Waals surface area (Å²) in [6.45, 7) is 3.52. The highest BCUT2D eigenvalue weighted by Crippen LogP contribution is 2.30. The molecule has 3 N–H and O–H groups in total. The summed E-state index contributed by atoms with van der Waals surface area (Å²) in [7, 11) is 3.97. The second-order valence-electron chi connectivity index (χ2n) is 4.46. The third kappa shape index (κ3) is 3.19. The summed E-state index contributed by atoms with van der Waals surface area (Å²) in [6.07, 6.45) is 2.07. The van der Waals surface area contributed by atoms with Gasteiger partial charge in [-0.2, -0.15) is 5.10 Å². The van der Waals surface area contributed by atoms with E-state index in [0.29, 0.717) is 23.7 Å². The fraction of sp³-hybridized carbons (Fsp3) is 0.727. The molecule has 1 heterocycles. The predicted octanol–water partition coefficient (Wildman–Crippen LogP) is 0.654. The van der Waals surface area contributed by atoms with Gasteiger partial charge in [-0.3, -0.25) is 4.68 Å². The summed E-state index contributed by atoms with van der Waals surface area (Å²) < 4.78 is 1.73. The number of nitrogens with zero attached hydrogens (tertiary/aromatic N) is 3. The number of halogens is 1. The van der Waals surface area contributed by atoms with Crippen molar-refractivity contribution in [3.8, 4) is 0 Å². The van der Waals surface area contributed by atoms with Crippen LogP contribution in [0.1, 0.15) is 19.0 Å². The maximum atomic E-state index is 10.4. The Morgan fingerprint density at radius 3 is 2.71 bits per heavy atom. The number of likely N-dealkylation sites (N-methyl/N-ethyl adjacent to an activating group) is 1. The van der Waals surface area contributed by atoms with Gasteiger partial charge in [0.2, 0.25) is 0 Å². The molecule has 1 unspecified atom stereocenters. The molecule has 0 aliphatic carbocycles. The Hall–Kier alpha value is -0.620. The summed E-state index contributed by atoms with van der Waals surface area (Å²) in [4.78, 5) is 2.05. The number of aliphatic hydroxyl groups is 1. The molecule has 0 bridgehead atoms. The molecule has 0 aromatic carbocycles. The number of nitrogens with two attached hydrogens (primary N) is 1. The van der Waals surface area contributed by atoms with Crippen LogP contribution < -0.4 is 5.73 Å². The summed E-state index contributed by atoms with van der Waals surface area (Å²) in [5.74, 6) is 0. The second-order valence-corrected chi connectivity index (χ2v) is 4.86. The first-order chi connectivity index (χ1) is 7.94. The average Bonchev–Trinajstić information content (AvgIpc) is 2.67. The van der Waals surface area contributed by atoms with Crippen LogP contribution in [-0.2, 0) is 12.1 Å². The van der Waals surface area contributed by atoms with E-state index in [4.69, 9.17) is 17.3 Å². The van der Waals surface area contributed by atoms with Gasteiger partial charge in [0.05, 0.1) is 23.5 Å². The molecule has 0 spiro atoms. The Morgan fingerprint density at radius 1 is 1.59 bits per heavy atom. The number of hydrogen-bond donors (Lipinski definition) is 2. The zero-order valence-electron chi connectivity index (χ0n) is 10.6. The van der Waals surface area contributed by atoms with Gasteiger partial charge in [-0.1, -0.05) is 18.5 Å². The molecule has 98 valence electrons. The predicted molar refractivity (Wildman–Crippen MR) is 69.0 cm³/mol. The van der Waals surface area contributed by atoms with E-state index in [1.807, 2.05) is 25.9 Å². The third-order valence-corrected chi connectivity index (χ3v) is 3.19. The van der Waals surface area contributed by atoms with Gasteiger partial charge in [-0.05, 0) is 20.5 Å². The van der Waals surface area contributed by atoms with Crippen molar-refractivity contribution in [1.82, 2.24) is 14.7 Å². The van der Waals surface area contributed by atoms with Gasteiger partial charge in [0.1, 0.15) is 5.60 Å². The zero-order chi connectivity index (χ0) is 13.1. The largest absolute Gasteiger partial charge is 0.382 e. The van der Waals surface area contributed by atoms with Gasteiger partial charge in [0.25, 0.3) is 0 Å². The summed E-state index contributed by atoms with van der Waals surface area (Å²) in [5.41, 5.74) is 5.16. The third-order valence-electron chi connectivity index (χ3n) is 2.92. The lowest BCUT2D eigenvalue weighted by molar-refractivity contribution is 0.0322. The Kier molecular flexibility index (Phi) is 4.94. The monoisotopic (exact) mass is 260 g/mol. The van der Waals surface area contributed by atoms with Crippen LogP contribution in [0.5, 0.6) is 0 Å². The number of rotatable bonds is 6. The van der Waals surface area contributed by atoms with E-state index in [1.165, 1.54) is 0 Å². The van der Waals surface area contributed by atoms with E-state index in [0.717, 1.165) is 6.54 Å². The van der Waals surface area contributed by atoms with Crippen LogP contribution in [0.15, 0.2) is 6.20 Å². The van der Waals surface area contributed by atoms with E-state index in [1.54, 1.807) is 10.9 Å². The molecule has 0 fully saturated rings. The molecule has 1 atom stereocenters. The molecule has 0 aliphatic rings. The summed E-state index contributed by atoms with van der Waals surface area (Å²) in [5, 5.41) is 15.1. The van der Waals surface area contributed by atoms with Crippen LogP contribution in [0.3, 0.4) is 0 Å². The topological polar surface area (TPSA) is 67.3 Å². The van der Waals surface area contributed by atoms with Gasteiger partial charge in [-0.15, -0.1) is 0 Å². The van der Waals surface area contributed by atoms with Gasteiger partial charge in [0.15, 0.2) is 0 Å². The first kappa shape index (κ1) is 14.4. The molecular weight excluding hydrogens is 240 g/mol. The fourth-order valence-corrected chi connectivity index (χ4v) is 2.01. The van der Waals surface area contributed by atoms with Crippen molar-refractivity contribution in [1.29, 1.82) is 0 Å². The Labute approximate surface area is 107 Å². The number of aromatic nitrogens is 2. The standard InChI is InChI=1S/C11H21ClN4O/c1-4-11(17,8-13)10-9(12)7-14-16(10)6-5-15(2)3/h7,17H,4-6,8,13H2,1-3H3. The quantitative estimate of drug-likeness (QED) is 0.788. The van der Waals surface area contributed by atoms with E-state index >= 15 is 0 Å². The minimum Gasteiger partial charge on any atom is -0.382 e. The summed E-state index contributed by atoms with van der Waals surface area (Å²) in [6, 6.07) is 0. The van der Waals surface area contributed by atoms with Gasteiger partial charge in [-0.25, -0.2) is 0 Å². The molecule has 0 saturated carbocycles. The first-order valence-electron chi connectivity index (χ1n) is 5.73. The molecule has 0 radical (unpaired) electrons. The van der Waals surface area contributed by atoms with Crippen LogP contribution in [-0.4, -0.2) is 47.0 Å². The lowest BCUT2D eigenvalue weighted by Gasteiger charge is -2.26. The van der Waals surface area contributed by atoms with Crippen molar-refractivity contribution in [3.63, 3.8) is 0 Å². The molecule has 6 heteroatoms. The highest BCUT2D eigenvalue weighted by molar-refractivity contribution is 6.31. The van der Waals surface area contributed by atoms with Crippen LogP contribution in [0.2, 0.25) is 5.02 Å². The molecule has 1 aromatic rings. The van der Waals surface area contributed by atoms with E-state index in [-0.39, 0.29) is 6.54 Å². The minimum atomic E-state index is -1.10. The first-order valence-corrected chi connectivity index (χ1v) is 6.11. The molecule has 0 aliphatic heterocycles. The van der Waals surface area contributed by atoms with Crippen LogP contribution in [0.4, 0.5) is 0 Å². The molecule has 1 rings (SSSR count). The summed E-state index contributed by atoms with van der Waals surface area (Å²) >= 11 is 6.09. The highest BCUT2D eigenvalue weighted by atomic mass is 35.5. The fourth-order valence-electron chi connectivity index (χ4n) is 1.70. The second kappa shape index (κ2) is 5.82. The van der Waals surface area contributed by atoms with Gasteiger partial charge >= 0.3 is 0 Å². The Balaban J connectivity index is 3.01. The normalized spacial score (nSPS) is 15.2. The van der Waals surface area contributed by atoms with Crippen molar-refractivity contribution in [2.24, 2.45) is 5.73 Å². The molecule has 0 saturated heterocycles. The van der Waals surface area contributed by atoms with E-state index in [2.05, 4.69) is 5.10 Å². The number of hydrogen-bond acceptors (Lipinski definition) is 4. The smallest absolute Gasteiger partial charge is 0.120 e.